The maximum absolute atomic E-state index is 6.26. The molecule has 1 aliphatic carbocycles. The number of nitrogen functional groups attached to an aromatic ring is 1. The van der Waals surface area contributed by atoms with Crippen molar-refractivity contribution >= 4 is 23.1 Å². The van der Waals surface area contributed by atoms with Gasteiger partial charge in [0, 0.05) is 24.5 Å². The molecule has 0 radical (unpaired) electrons. The lowest BCUT2D eigenvalue weighted by molar-refractivity contribution is 0.778. The average Bonchev–Trinajstić information content (AvgIpc) is 3.24. The molecule has 4 heteroatoms. The molecule has 3 rings (SSSR count). The highest BCUT2D eigenvalue weighted by Crippen LogP contribution is 2.35. The molecule has 1 saturated carbocycles. The number of aromatic nitrogens is 1. The van der Waals surface area contributed by atoms with E-state index in [4.69, 9.17) is 17.3 Å². The first-order chi connectivity index (χ1) is 9.24. The molecule has 2 N–H and O–H groups in total. The molecule has 0 amide bonds. The topological polar surface area (TPSA) is 42.1 Å². The lowest BCUT2D eigenvalue weighted by atomic mass is 10.2. The van der Waals surface area contributed by atoms with E-state index in [-0.39, 0.29) is 0 Å². The second-order valence-corrected chi connectivity index (χ2v) is 5.32. The molecule has 0 unspecified atom stereocenters. The van der Waals surface area contributed by atoms with Gasteiger partial charge in [-0.1, -0.05) is 23.7 Å². The third-order valence-electron chi connectivity index (χ3n) is 3.33. The van der Waals surface area contributed by atoms with Gasteiger partial charge in [0.25, 0.3) is 0 Å². The third kappa shape index (κ3) is 2.82. The summed E-state index contributed by atoms with van der Waals surface area (Å²) in [5.74, 6) is 0.878. The molecule has 19 heavy (non-hydrogen) atoms. The summed E-state index contributed by atoms with van der Waals surface area (Å²) < 4.78 is 0. The maximum atomic E-state index is 6.26. The molecular weight excluding hydrogens is 258 g/mol. The number of hydrogen-bond donors (Lipinski definition) is 1. The highest BCUT2D eigenvalue weighted by Gasteiger charge is 2.31. The van der Waals surface area contributed by atoms with Gasteiger partial charge in [-0.2, -0.15) is 0 Å². The Hall–Kier alpha value is -1.74. The van der Waals surface area contributed by atoms with E-state index in [9.17, 15) is 0 Å². The van der Waals surface area contributed by atoms with Crippen LogP contribution in [0.4, 0.5) is 11.5 Å². The lowest BCUT2D eigenvalue weighted by Gasteiger charge is -2.24. The molecular formula is C15H16ClN3. The third-order valence-corrected chi connectivity index (χ3v) is 3.63. The monoisotopic (exact) mass is 273 g/mol. The SMILES string of the molecule is Nc1ccc(CN(c2ncccc2Cl)C2CC2)cc1. The minimum absolute atomic E-state index is 0.560. The summed E-state index contributed by atoms with van der Waals surface area (Å²) >= 11 is 6.26. The molecule has 0 atom stereocenters. The molecule has 3 nitrogen and oxygen atoms in total. The molecule has 1 fully saturated rings. The van der Waals surface area contributed by atoms with Gasteiger partial charge in [-0.05, 0) is 42.7 Å². The van der Waals surface area contributed by atoms with Crippen molar-refractivity contribution in [3.8, 4) is 0 Å². The van der Waals surface area contributed by atoms with Gasteiger partial charge < -0.3 is 10.6 Å². The van der Waals surface area contributed by atoms with Crippen LogP contribution >= 0.6 is 11.6 Å². The lowest BCUT2D eigenvalue weighted by Crippen LogP contribution is -2.26. The molecule has 1 aliphatic rings. The predicted molar refractivity (Wildman–Crippen MR) is 79.3 cm³/mol. The van der Waals surface area contributed by atoms with E-state index in [2.05, 4.69) is 22.0 Å². The van der Waals surface area contributed by atoms with Crippen LogP contribution in [0, 0.1) is 0 Å². The summed E-state index contributed by atoms with van der Waals surface area (Å²) in [5.41, 5.74) is 7.73. The van der Waals surface area contributed by atoms with Crippen molar-refractivity contribution in [2.45, 2.75) is 25.4 Å². The number of benzene rings is 1. The number of pyridine rings is 1. The Bertz CT molecular complexity index is 564. The van der Waals surface area contributed by atoms with Crippen LogP contribution in [0.15, 0.2) is 42.6 Å². The largest absolute Gasteiger partial charge is 0.399 e. The molecule has 1 heterocycles. The van der Waals surface area contributed by atoms with E-state index in [1.165, 1.54) is 18.4 Å². The zero-order valence-electron chi connectivity index (χ0n) is 10.6. The van der Waals surface area contributed by atoms with Crippen molar-refractivity contribution in [1.82, 2.24) is 4.98 Å². The predicted octanol–water partition coefficient (Wildman–Crippen LogP) is 3.49. The molecule has 2 aromatic rings. The van der Waals surface area contributed by atoms with Gasteiger partial charge in [0.15, 0.2) is 0 Å². The van der Waals surface area contributed by atoms with Crippen LogP contribution in [0.5, 0.6) is 0 Å². The van der Waals surface area contributed by atoms with Crippen molar-refractivity contribution < 1.29 is 0 Å². The minimum Gasteiger partial charge on any atom is -0.399 e. The zero-order chi connectivity index (χ0) is 13.2. The quantitative estimate of drug-likeness (QED) is 0.867. The van der Waals surface area contributed by atoms with Crippen molar-refractivity contribution in [3.05, 3.63) is 53.2 Å². The first kappa shape index (κ1) is 12.3. The summed E-state index contributed by atoms with van der Waals surface area (Å²) in [5, 5.41) is 0.713. The van der Waals surface area contributed by atoms with Gasteiger partial charge in [-0.15, -0.1) is 0 Å². The van der Waals surface area contributed by atoms with Gasteiger partial charge in [-0.3, -0.25) is 0 Å². The Balaban J connectivity index is 1.86. The van der Waals surface area contributed by atoms with Crippen LogP contribution < -0.4 is 10.6 Å². The average molecular weight is 274 g/mol. The van der Waals surface area contributed by atoms with Crippen LogP contribution in [0.25, 0.3) is 0 Å². The van der Waals surface area contributed by atoms with Gasteiger partial charge in [0.1, 0.15) is 5.82 Å². The maximum Gasteiger partial charge on any atom is 0.147 e. The van der Waals surface area contributed by atoms with E-state index >= 15 is 0 Å². The van der Waals surface area contributed by atoms with E-state index in [1.54, 1.807) is 6.20 Å². The molecule has 0 aliphatic heterocycles. The Morgan fingerprint density at radius 2 is 1.95 bits per heavy atom. The zero-order valence-corrected chi connectivity index (χ0v) is 11.3. The summed E-state index contributed by atoms with van der Waals surface area (Å²) in [7, 11) is 0. The van der Waals surface area contributed by atoms with Crippen LogP contribution in [-0.4, -0.2) is 11.0 Å². The van der Waals surface area contributed by atoms with Gasteiger partial charge >= 0.3 is 0 Å². The molecule has 98 valence electrons. The Labute approximate surface area is 118 Å². The minimum atomic E-state index is 0.560. The molecule has 0 bridgehead atoms. The number of rotatable bonds is 4. The molecule has 0 spiro atoms. The Kier molecular flexibility index (Phi) is 3.30. The van der Waals surface area contributed by atoms with Crippen LogP contribution in [-0.2, 0) is 6.54 Å². The summed E-state index contributed by atoms with van der Waals surface area (Å²) in [6.45, 7) is 0.821. The van der Waals surface area contributed by atoms with E-state index in [0.29, 0.717) is 11.1 Å². The van der Waals surface area contributed by atoms with E-state index in [1.807, 2.05) is 24.3 Å². The second kappa shape index (κ2) is 5.10. The van der Waals surface area contributed by atoms with E-state index < -0.39 is 0 Å². The standard InChI is InChI=1S/C15H16ClN3/c16-14-2-1-9-18-15(14)19(13-7-8-13)10-11-3-5-12(17)6-4-11/h1-6,9,13H,7-8,10,17H2. The fourth-order valence-electron chi connectivity index (χ4n) is 2.17. The number of anilines is 2. The first-order valence-electron chi connectivity index (χ1n) is 6.45. The van der Waals surface area contributed by atoms with Crippen molar-refractivity contribution in [2.24, 2.45) is 0 Å². The molecule has 0 saturated heterocycles. The van der Waals surface area contributed by atoms with E-state index in [0.717, 1.165) is 18.1 Å². The number of nitrogens with two attached hydrogens (primary N) is 1. The fraction of sp³-hybridized carbons (Fsp3) is 0.267. The number of nitrogens with zero attached hydrogens (tertiary/aromatic N) is 2. The van der Waals surface area contributed by atoms with Gasteiger partial charge in [0.2, 0.25) is 0 Å². The van der Waals surface area contributed by atoms with Crippen LogP contribution in [0.3, 0.4) is 0 Å². The normalized spacial score (nSPS) is 14.4. The Morgan fingerprint density at radius 1 is 1.21 bits per heavy atom. The fourth-order valence-corrected chi connectivity index (χ4v) is 2.40. The smallest absolute Gasteiger partial charge is 0.147 e. The molecule has 1 aromatic heterocycles. The number of halogens is 1. The summed E-state index contributed by atoms with van der Waals surface area (Å²) in [6, 6.07) is 12.3. The first-order valence-corrected chi connectivity index (χ1v) is 6.83. The van der Waals surface area contributed by atoms with Gasteiger partial charge in [-0.25, -0.2) is 4.98 Å². The van der Waals surface area contributed by atoms with Crippen LogP contribution in [0.1, 0.15) is 18.4 Å². The summed E-state index contributed by atoms with van der Waals surface area (Å²) in [4.78, 5) is 6.71. The second-order valence-electron chi connectivity index (χ2n) is 4.91. The highest BCUT2D eigenvalue weighted by atomic mass is 35.5. The van der Waals surface area contributed by atoms with Gasteiger partial charge in [0.05, 0.1) is 5.02 Å². The highest BCUT2D eigenvalue weighted by molar-refractivity contribution is 6.32. The van der Waals surface area contributed by atoms with Crippen molar-refractivity contribution in [1.29, 1.82) is 0 Å². The Morgan fingerprint density at radius 3 is 2.58 bits per heavy atom. The molecule has 1 aromatic carbocycles. The summed E-state index contributed by atoms with van der Waals surface area (Å²) in [6.07, 6.45) is 4.21. The number of hydrogen-bond acceptors (Lipinski definition) is 3. The van der Waals surface area contributed by atoms with Crippen LogP contribution in [0.2, 0.25) is 5.02 Å². The van der Waals surface area contributed by atoms with Crippen molar-refractivity contribution in [2.75, 3.05) is 10.6 Å². The van der Waals surface area contributed by atoms with Crippen molar-refractivity contribution in [3.63, 3.8) is 0 Å².